The van der Waals surface area contributed by atoms with E-state index in [1.165, 1.54) is 0 Å². The normalized spacial score (nSPS) is 10.9. The molecule has 0 aliphatic heterocycles. The van der Waals surface area contributed by atoms with Crippen LogP contribution in [0.5, 0.6) is 0 Å². The van der Waals surface area contributed by atoms with Crippen molar-refractivity contribution in [3.63, 3.8) is 0 Å². The molecule has 1 amide bonds. The van der Waals surface area contributed by atoms with Crippen LogP contribution in [0.15, 0.2) is 36.5 Å². The van der Waals surface area contributed by atoms with E-state index >= 15 is 0 Å². The standard InChI is InChI=1S/C17H16ClN3O/c1-10-5-4-6-14(11(10)2)20-17(22)16-12(3)19-15-8-7-13(18)9-21(15)16/h4-9H,1-3H3,(H,20,22). The molecule has 112 valence electrons. The maximum Gasteiger partial charge on any atom is 0.274 e. The largest absolute Gasteiger partial charge is 0.320 e. The molecule has 0 saturated heterocycles. The number of fused-ring (bicyclic) bond motifs is 1. The van der Waals surface area contributed by atoms with E-state index in [0.717, 1.165) is 16.8 Å². The highest BCUT2D eigenvalue weighted by Gasteiger charge is 2.17. The third kappa shape index (κ3) is 2.46. The average Bonchev–Trinajstić information content (AvgIpc) is 2.79. The van der Waals surface area contributed by atoms with Gasteiger partial charge in [0.15, 0.2) is 0 Å². The summed E-state index contributed by atoms with van der Waals surface area (Å²) in [6.45, 7) is 5.83. The molecule has 22 heavy (non-hydrogen) atoms. The molecule has 0 radical (unpaired) electrons. The topological polar surface area (TPSA) is 46.4 Å². The molecule has 5 heteroatoms. The van der Waals surface area contributed by atoms with Gasteiger partial charge in [-0.05, 0) is 50.1 Å². The molecule has 0 aliphatic carbocycles. The average molecular weight is 314 g/mol. The lowest BCUT2D eigenvalue weighted by Gasteiger charge is -2.10. The second-order valence-corrected chi connectivity index (χ2v) is 5.76. The Hall–Kier alpha value is -2.33. The Morgan fingerprint density at radius 3 is 2.73 bits per heavy atom. The van der Waals surface area contributed by atoms with Gasteiger partial charge in [0, 0.05) is 11.9 Å². The van der Waals surface area contributed by atoms with Crippen LogP contribution in [0, 0.1) is 20.8 Å². The van der Waals surface area contributed by atoms with Gasteiger partial charge in [0.25, 0.3) is 5.91 Å². The van der Waals surface area contributed by atoms with Gasteiger partial charge < -0.3 is 5.32 Å². The van der Waals surface area contributed by atoms with Crippen LogP contribution in [0.4, 0.5) is 5.69 Å². The molecule has 0 atom stereocenters. The lowest BCUT2D eigenvalue weighted by molar-refractivity contribution is 0.102. The summed E-state index contributed by atoms with van der Waals surface area (Å²) in [6, 6.07) is 9.39. The van der Waals surface area contributed by atoms with Crippen molar-refractivity contribution >= 4 is 28.8 Å². The molecule has 1 N–H and O–H groups in total. The van der Waals surface area contributed by atoms with E-state index in [-0.39, 0.29) is 5.91 Å². The molecule has 0 saturated carbocycles. The number of carbonyl (C=O) groups is 1. The van der Waals surface area contributed by atoms with E-state index in [0.29, 0.717) is 22.1 Å². The number of benzene rings is 1. The number of carbonyl (C=O) groups excluding carboxylic acids is 1. The molecule has 2 aromatic heterocycles. The fraction of sp³-hybridized carbons (Fsp3) is 0.176. The number of rotatable bonds is 2. The summed E-state index contributed by atoms with van der Waals surface area (Å²) in [7, 11) is 0. The number of halogens is 1. The molecule has 1 aromatic carbocycles. The van der Waals surface area contributed by atoms with Crippen LogP contribution in [-0.4, -0.2) is 15.3 Å². The third-order valence-electron chi connectivity index (χ3n) is 3.82. The molecule has 3 rings (SSSR count). The van der Waals surface area contributed by atoms with Gasteiger partial charge in [0.05, 0.1) is 10.7 Å². The molecule has 2 heterocycles. The van der Waals surface area contributed by atoms with Gasteiger partial charge in [-0.1, -0.05) is 23.7 Å². The van der Waals surface area contributed by atoms with Gasteiger partial charge in [0.2, 0.25) is 0 Å². The van der Waals surface area contributed by atoms with Crippen molar-refractivity contribution in [1.29, 1.82) is 0 Å². The van der Waals surface area contributed by atoms with Gasteiger partial charge in [-0.2, -0.15) is 0 Å². The number of anilines is 1. The fourth-order valence-electron chi connectivity index (χ4n) is 2.48. The van der Waals surface area contributed by atoms with Crippen LogP contribution in [0.25, 0.3) is 5.65 Å². The highest BCUT2D eigenvalue weighted by Crippen LogP contribution is 2.21. The molecule has 0 fully saturated rings. The molecule has 4 nitrogen and oxygen atoms in total. The Morgan fingerprint density at radius 1 is 1.18 bits per heavy atom. The highest BCUT2D eigenvalue weighted by atomic mass is 35.5. The number of aromatic nitrogens is 2. The van der Waals surface area contributed by atoms with E-state index in [9.17, 15) is 4.79 Å². The van der Waals surface area contributed by atoms with E-state index < -0.39 is 0 Å². The molecule has 0 bridgehead atoms. The maximum atomic E-state index is 12.7. The van der Waals surface area contributed by atoms with Crippen molar-refractivity contribution in [3.05, 3.63) is 64.1 Å². The van der Waals surface area contributed by atoms with E-state index in [2.05, 4.69) is 10.3 Å². The Labute approximate surface area is 133 Å². The van der Waals surface area contributed by atoms with Crippen molar-refractivity contribution in [2.45, 2.75) is 20.8 Å². The van der Waals surface area contributed by atoms with E-state index in [1.54, 1.807) is 22.7 Å². The van der Waals surface area contributed by atoms with Crippen molar-refractivity contribution in [1.82, 2.24) is 9.38 Å². The number of imidazole rings is 1. The first kappa shape index (κ1) is 14.6. The van der Waals surface area contributed by atoms with Gasteiger partial charge >= 0.3 is 0 Å². The number of nitrogens with zero attached hydrogens (tertiary/aromatic N) is 2. The molecule has 0 unspecified atom stereocenters. The number of aryl methyl sites for hydroxylation is 2. The van der Waals surface area contributed by atoms with E-state index in [1.807, 2.05) is 39.0 Å². The van der Waals surface area contributed by atoms with Crippen molar-refractivity contribution in [2.75, 3.05) is 5.32 Å². The first-order valence-electron chi connectivity index (χ1n) is 6.99. The summed E-state index contributed by atoms with van der Waals surface area (Å²) in [5.74, 6) is -0.194. The van der Waals surface area contributed by atoms with Crippen molar-refractivity contribution < 1.29 is 4.79 Å². The molecular weight excluding hydrogens is 298 g/mol. The van der Waals surface area contributed by atoms with Crippen LogP contribution in [0.2, 0.25) is 5.02 Å². The molecule has 0 aliphatic rings. The summed E-state index contributed by atoms with van der Waals surface area (Å²) in [5.41, 5.74) is 4.87. The summed E-state index contributed by atoms with van der Waals surface area (Å²) in [5, 5.41) is 3.52. The van der Waals surface area contributed by atoms with Gasteiger partial charge in [0.1, 0.15) is 11.3 Å². The van der Waals surface area contributed by atoms with Crippen LogP contribution in [0.1, 0.15) is 27.3 Å². The molecule has 0 spiro atoms. The van der Waals surface area contributed by atoms with E-state index in [4.69, 9.17) is 11.6 Å². The first-order chi connectivity index (χ1) is 10.5. The lowest BCUT2D eigenvalue weighted by atomic mass is 10.1. The number of nitrogens with one attached hydrogen (secondary N) is 1. The number of hydrogen-bond acceptors (Lipinski definition) is 2. The smallest absolute Gasteiger partial charge is 0.274 e. The minimum atomic E-state index is -0.194. The summed E-state index contributed by atoms with van der Waals surface area (Å²) < 4.78 is 1.72. The summed E-state index contributed by atoms with van der Waals surface area (Å²) in [4.78, 5) is 17.1. The monoisotopic (exact) mass is 313 g/mol. The van der Waals surface area contributed by atoms with Crippen LogP contribution in [-0.2, 0) is 0 Å². The lowest BCUT2D eigenvalue weighted by Crippen LogP contribution is -2.16. The predicted octanol–water partition coefficient (Wildman–Crippen LogP) is 4.17. The summed E-state index contributed by atoms with van der Waals surface area (Å²) >= 11 is 6.03. The van der Waals surface area contributed by atoms with Crippen molar-refractivity contribution in [2.24, 2.45) is 0 Å². The SMILES string of the molecule is Cc1cccc(NC(=O)c2c(C)nc3ccc(Cl)cn23)c1C. The van der Waals surface area contributed by atoms with Crippen LogP contribution < -0.4 is 5.32 Å². The molecular formula is C17H16ClN3O. The van der Waals surface area contributed by atoms with Gasteiger partial charge in [-0.3, -0.25) is 9.20 Å². The Bertz CT molecular complexity index is 883. The minimum absolute atomic E-state index is 0.194. The Balaban J connectivity index is 2.04. The zero-order valence-electron chi connectivity index (χ0n) is 12.6. The fourth-order valence-corrected chi connectivity index (χ4v) is 2.64. The number of pyridine rings is 1. The van der Waals surface area contributed by atoms with Crippen molar-refractivity contribution in [3.8, 4) is 0 Å². The Kier molecular flexibility index (Phi) is 3.62. The third-order valence-corrected chi connectivity index (χ3v) is 4.05. The second-order valence-electron chi connectivity index (χ2n) is 5.32. The highest BCUT2D eigenvalue weighted by molar-refractivity contribution is 6.30. The summed E-state index contributed by atoms with van der Waals surface area (Å²) in [6.07, 6.45) is 1.70. The minimum Gasteiger partial charge on any atom is -0.320 e. The van der Waals surface area contributed by atoms with Crippen LogP contribution >= 0.6 is 11.6 Å². The number of hydrogen-bond donors (Lipinski definition) is 1. The zero-order chi connectivity index (χ0) is 15.9. The van der Waals surface area contributed by atoms with Gasteiger partial charge in [-0.25, -0.2) is 4.98 Å². The first-order valence-corrected chi connectivity index (χ1v) is 7.37. The molecule has 3 aromatic rings. The quantitative estimate of drug-likeness (QED) is 0.772. The zero-order valence-corrected chi connectivity index (χ0v) is 13.4. The Morgan fingerprint density at radius 2 is 1.95 bits per heavy atom. The number of amides is 1. The maximum absolute atomic E-state index is 12.7. The second kappa shape index (κ2) is 5.46. The van der Waals surface area contributed by atoms with Gasteiger partial charge in [-0.15, -0.1) is 0 Å². The predicted molar refractivity (Wildman–Crippen MR) is 88.8 cm³/mol. The van der Waals surface area contributed by atoms with Crippen LogP contribution in [0.3, 0.4) is 0 Å².